The Kier molecular flexibility index (Phi) is 3.69. The molecule has 3 rings (SSSR count). The zero-order chi connectivity index (χ0) is 13.1. The highest BCUT2D eigenvalue weighted by molar-refractivity contribution is 7.98. The standard InChI is InChI=1S/C15H17N3S/c1-19-15-10-9-14(16-17-15)18(13-7-8-13)11-12-5-3-2-4-6-12/h2-6,9-10,13H,7-8,11H2,1H3. The third kappa shape index (κ3) is 3.07. The molecule has 1 heterocycles. The van der Waals surface area contributed by atoms with E-state index in [-0.39, 0.29) is 0 Å². The molecule has 0 saturated heterocycles. The zero-order valence-electron chi connectivity index (χ0n) is 11.0. The van der Waals surface area contributed by atoms with E-state index >= 15 is 0 Å². The first kappa shape index (κ1) is 12.5. The smallest absolute Gasteiger partial charge is 0.151 e. The summed E-state index contributed by atoms with van der Waals surface area (Å²) < 4.78 is 0. The summed E-state index contributed by atoms with van der Waals surface area (Å²) in [6, 6.07) is 15.3. The van der Waals surface area contributed by atoms with Gasteiger partial charge in [0, 0.05) is 12.6 Å². The Labute approximate surface area is 118 Å². The van der Waals surface area contributed by atoms with Gasteiger partial charge in [-0.3, -0.25) is 0 Å². The van der Waals surface area contributed by atoms with Gasteiger partial charge in [-0.2, -0.15) is 0 Å². The molecule has 0 aliphatic heterocycles. The highest BCUT2D eigenvalue weighted by Gasteiger charge is 2.30. The number of thioether (sulfide) groups is 1. The maximum absolute atomic E-state index is 4.36. The average molecular weight is 271 g/mol. The van der Waals surface area contributed by atoms with Crippen LogP contribution in [0.25, 0.3) is 0 Å². The van der Waals surface area contributed by atoms with Crippen LogP contribution in [-0.4, -0.2) is 22.5 Å². The minimum Gasteiger partial charge on any atom is -0.348 e. The molecule has 1 aromatic carbocycles. The molecule has 1 saturated carbocycles. The van der Waals surface area contributed by atoms with Gasteiger partial charge in [0.25, 0.3) is 0 Å². The Morgan fingerprint density at radius 3 is 2.47 bits per heavy atom. The summed E-state index contributed by atoms with van der Waals surface area (Å²) in [5.41, 5.74) is 1.32. The lowest BCUT2D eigenvalue weighted by atomic mass is 10.2. The number of hydrogen-bond acceptors (Lipinski definition) is 4. The predicted molar refractivity (Wildman–Crippen MR) is 79.5 cm³/mol. The minimum absolute atomic E-state index is 0.634. The van der Waals surface area contributed by atoms with E-state index in [2.05, 4.69) is 51.5 Å². The SMILES string of the molecule is CSc1ccc(N(Cc2ccccc2)C2CC2)nn1. The Bertz CT molecular complexity index is 523. The van der Waals surface area contributed by atoms with Crippen molar-refractivity contribution in [3.63, 3.8) is 0 Å². The second kappa shape index (κ2) is 5.61. The summed E-state index contributed by atoms with van der Waals surface area (Å²) >= 11 is 1.63. The monoisotopic (exact) mass is 271 g/mol. The summed E-state index contributed by atoms with van der Waals surface area (Å²) in [7, 11) is 0. The Hall–Kier alpha value is -1.55. The van der Waals surface area contributed by atoms with Crippen LogP contribution in [0.3, 0.4) is 0 Å². The maximum Gasteiger partial charge on any atom is 0.151 e. The number of benzene rings is 1. The third-order valence-corrected chi connectivity index (χ3v) is 3.95. The fourth-order valence-electron chi connectivity index (χ4n) is 2.14. The van der Waals surface area contributed by atoms with E-state index in [4.69, 9.17) is 0 Å². The molecule has 4 heteroatoms. The van der Waals surface area contributed by atoms with Gasteiger partial charge >= 0.3 is 0 Å². The van der Waals surface area contributed by atoms with Crippen molar-refractivity contribution < 1.29 is 0 Å². The van der Waals surface area contributed by atoms with Crippen LogP contribution in [0.1, 0.15) is 18.4 Å². The van der Waals surface area contributed by atoms with E-state index < -0.39 is 0 Å². The molecule has 1 aliphatic rings. The van der Waals surface area contributed by atoms with Gasteiger partial charge in [-0.25, -0.2) is 0 Å². The summed E-state index contributed by atoms with van der Waals surface area (Å²) in [6.07, 6.45) is 4.55. The van der Waals surface area contributed by atoms with Crippen LogP contribution in [-0.2, 0) is 6.54 Å². The van der Waals surface area contributed by atoms with E-state index in [0.29, 0.717) is 6.04 Å². The van der Waals surface area contributed by atoms with E-state index in [0.717, 1.165) is 17.4 Å². The topological polar surface area (TPSA) is 29.0 Å². The van der Waals surface area contributed by atoms with Crippen LogP contribution in [0, 0.1) is 0 Å². The van der Waals surface area contributed by atoms with Crippen molar-refractivity contribution in [1.29, 1.82) is 0 Å². The summed E-state index contributed by atoms with van der Waals surface area (Å²) in [6.45, 7) is 0.915. The van der Waals surface area contributed by atoms with Crippen molar-refractivity contribution in [2.45, 2.75) is 30.5 Å². The average Bonchev–Trinajstić information content (AvgIpc) is 3.31. The fraction of sp³-hybridized carbons (Fsp3) is 0.333. The van der Waals surface area contributed by atoms with Crippen LogP contribution in [0.2, 0.25) is 0 Å². The molecule has 0 atom stereocenters. The van der Waals surface area contributed by atoms with Crippen molar-refractivity contribution in [2.24, 2.45) is 0 Å². The molecule has 0 radical (unpaired) electrons. The highest BCUT2D eigenvalue weighted by Crippen LogP contribution is 2.32. The summed E-state index contributed by atoms with van der Waals surface area (Å²) in [5.74, 6) is 0.990. The van der Waals surface area contributed by atoms with E-state index in [1.807, 2.05) is 12.3 Å². The van der Waals surface area contributed by atoms with Crippen molar-refractivity contribution >= 4 is 17.6 Å². The number of aromatic nitrogens is 2. The van der Waals surface area contributed by atoms with Crippen LogP contribution < -0.4 is 4.90 Å². The van der Waals surface area contributed by atoms with Crippen molar-refractivity contribution in [3.8, 4) is 0 Å². The van der Waals surface area contributed by atoms with E-state index in [9.17, 15) is 0 Å². The molecule has 0 unspecified atom stereocenters. The van der Waals surface area contributed by atoms with Gasteiger partial charge in [0.15, 0.2) is 5.82 Å². The molecule has 2 aromatic rings. The van der Waals surface area contributed by atoms with Crippen LogP contribution in [0.4, 0.5) is 5.82 Å². The Balaban J connectivity index is 1.80. The number of anilines is 1. The van der Waals surface area contributed by atoms with Gasteiger partial charge in [-0.15, -0.1) is 22.0 Å². The molecule has 98 valence electrons. The van der Waals surface area contributed by atoms with Gasteiger partial charge in [-0.1, -0.05) is 30.3 Å². The molecule has 3 nitrogen and oxygen atoms in total. The molecule has 0 bridgehead atoms. The van der Waals surface area contributed by atoms with Crippen molar-refractivity contribution in [1.82, 2.24) is 10.2 Å². The van der Waals surface area contributed by atoms with Crippen LogP contribution in [0.5, 0.6) is 0 Å². The molecular weight excluding hydrogens is 254 g/mol. The van der Waals surface area contributed by atoms with Crippen molar-refractivity contribution in [2.75, 3.05) is 11.2 Å². The molecule has 19 heavy (non-hydrogen) atoms. The maximum atomic E-state index is 4.36. The molecule has 0 amide bonds. The summed E-state index contributed by atoms with van der Waals surface area (Å²) in [5, 5.41) is 9.58. The lowest BCUT2D eigenvalue weighted by Gasteiger charge is -2.23. The molecule has 1 aliphatic carbocycles. The van der Waals surface area contributed by atoms with Gasteiger partial charge in [0.05, 0.1) is 0 Å². The summed E-state index contributed by atoms with van der Waals surface area (Å²) in [4.78, 5) is 2.37. The largest absolute Gasteiger partial charge is 0.348 e. The first-order valence-electron chi connectivity index (χ1n) is 6.55. The third-order valence-electron chi connectivity index (χ3n) is 3.31. The first-order valence-corrected chi connectivity index (χ1v) is 7.77. The van der Waals surface area contributed by atoms with Gasteiger partial charge in [0.1, 0.15) is 5.03 Å². The number of hydrogen-bond donors (Lipinski definition) is 0. The van der Waals surface area contributed by atoms with E-state index in [1.54, 1.807) is 11.8 Å². The van der Waals surface area contributed by atoms with Gasteiger partial charge in [0.2, 0.25) is 0 Å². The highest BCUT2D eigenvalue weighted by atomic mass is 32.2. The fourth-order valence-corrected chi connectivity index (χ4v) is 2.47. The minimum atomic E-state index is 0.634. The molecular formula is C15H17N3S. The quantitative estimate of drug-likeness (QED) is 0.780. The van der Waals surface area contributed by atoms with Crippen LogP contribution in [0.15, 0.2) is 47.5 Å². The number of rotatable bonds is 5. The van der Waals surface area contributed by atoms with Crippen molar-refractivity contribution in [3.05, 3.63) is 48.0 Å². The Morgan fingerprint density at radius 2 is 1.89 bits per heavy atom. The molecule has 1 aromatic heterocycles. The molecule has 0 N–H and O–H groups in total. The Morgan fingerprint density at radius 1 is 1.11 bits per heavy atom. The number of nitrogens with zero attached hydrogens (tertiary/aromatic N) is 3. The lowest BCUT2D eigenvalue weighted by molar-refractivity contribution is 0.754. The van der Waals surface area contributed by atoms with Crippen LogP contribution >= 0.6 is 11.8 Å². The second-order valence-corrected chi connectivity index (χ2v) is 5.61. The predicted octanol–water partition coefficient (Wildman–Crippen LogP) is 3.37. The van der Waals surface area contributed by atoms with Gasteiger partial charge < -0.3 is 4.90 Å². The first-order chi connectivity index (χ1) is 9.36. The molecule has 1 fully saturated rings. The second-order valence-electron chi connectivity index (χ2n) is 4.78. The zero-order valence-corrected chi connectivity index (χ0v) is 11.8. The lowest BCUT2D eigenvalue weighted by Crippen LogP contribution is -2.26. The molecule has 0 spiro atoms. The van der Waals surface area contributed by atoms with Gasteiger partial charge in [-0.05, 0) is 36.8 Å². The normalized spacial score (nSPS) is 14.4. The van der Waals surface area contributed by atoms with E-state index in [1.165, 1.54) is 18.4 Å².